The van der Waals surface area contributed by atoms with Gasteiger partial charge in [0.25, 0.3) is 10.0 Å². The summed E-state index contributed by atoms with van der Waals surface area (Å²) in [7, 11) is -4.89. The number of sulfonamides is 1. The Labute approximate surface area is 191 Å². The first-order valence-corrected chi connectivity index (χ1v) is 10.7. The lowest BCUT2D eigenvalue weighted by Gasteiger charge is -2.21. The van der Waals surface area contributed by atoms with Crippen molar-refractivity contribution < 1.29 is 52.3 Å². The molecule has 0 unspecified atom stereocenters. The Hall–Kier alpha value is -3.29. The van der Waals surface area contributed by atoms with Crippen molar-refractivity contribution in [2.75, 3.05) is 4.72 Å². The van der Waals surface area contributed by atoms with Crippen molar-refractivity contribution in [2.24, 2.45) is 0 Å². The average Bonchev–Trinajstić information content (AvgIpc) is 2.75. The van der Waals surface area contributed by atoms with Gasteiger partial charge in [-0.05, 0) is 42.3 Å². The van der Waals surface area contributed by atoms with Crippen LogP contribution in [0.1, 0.15) is 16.7 Å². The molecule has 0 amide bonds. The zero-order chi connectivity index (χ0) is 26.5. The maximum Gasteiger partial charge on any atom is 0.416 e. The molecular weight excluding hydrogens is 520 g/mol. The zero-order valence-electron chi connectivity index (χ0n) is 17.0. The van der Waals surface area contributed by atoms with E-state index in [0.717, 1.165) is 12.1 Å². The molecule has 0 aliphatic heterocycles. The van der Waals surface area contributed by atoms with E-state index in [1.54, 1.807) is 0 Å². The van der Waals surface area contributed by atoms with Crippen LogP contribution in [0.15, 0.2) is 47.4 Å². The summed E-state index contributed by atoms with van der Waals surface area (Å²) in [6.07, 6.45) is -10.9. The molecule has 3 aromatic carbocycles. The molecule has 0 aliphatic rings. The van der Waals surface area contributed by atoms with Crippen molar-refractivity contribution in [2.45, 2.75) is 24.2 Å². The number of hydrogen-bond donors (Lipinski definition) is 1. The maximum absolute atomic E-state index is 14.7. The van der Waals surface area contributed by atoms with Crippen LogP contribution >= 0.6 is 0 Å². The minimum atomic E-state index is -5.43. The molecule has 0 bridgehead atoms. The van der Waals surface area contributed by atoms with Crippen LogP contribution < -0.4 is 4.72 Å². The molecule has 0 spiro atoms. The van der Waals surface area contributed by atoms with Crippen molar-refractivity contribution in [1.82, 2.24) is 0 Å². The quantitative estimate of drug-likeness (QED) is 0.223. The van der Waals surface area contributed by atoms with Gasteiger partial charge in [-0.25, -0.2) is 26.0 Å². The van der Waals surface area contributed by atoms with Crippen molar-refractivity contribution in [3.05, 3.63) is 82.4 Å². The summed E-state index contributed by atoms with van der Waals surface area (Å²) >= 11 is 0. The molecule has 3 nitrogen and oxygen atoms in total. The molecule has 0 saturated carbocycles. The molecule has 0 atom stereocenters. The minimum absolute atomic E-state index is 0.0555. The molecule has 14 heteroatoms. The lowest BCUT2D eigenvalue weighted by atomic mass is 9.93. The van der Waals surface area contributed by atoms with Gasteiger partial charge in [-0.15, -0.1) is 0 Å². The van der Waals surface area contributed by atoms with Crippen molar-refractivity contribution in [3.63, 3.8) is 0 Å². The first-order valence-electron chi connectivity index (χ1n) is 9.20. The fourth-order valence-electron chi connectivity index (χ4n) is 3.24. The first kappa shape index (κ1) is 26.3. The van der Waals surface area contributed by atoms with Crippen LogP contribution in [-0.4, -0.2) is 8.42 Å². The Morgan fingerprint density at radius 3 is 1.63 bits per heavy atom. The molecule has 3 rings (SSSR count). The summed E-state index contributed by atoms with van der Waals surface area (Å²) in [6.45, 7) is 0.469. The number of anilines is 1. The van der Waals surface area contributed by atoms with Gasteiger partial charge in [0.15, 0.2) is 23.3 Å². The van der Waals surface area contributed by atoms with Gasteiger partial charge in [0, 0.05) is 5.56 Å². The Morgan fingerprint density at radius 2 is 1.17 bits per heavy atom. The number of nitrogens with one attached hydrogen (secondary N) is 1. The van der Waals surface area contributed by atoms with E-state index in [9.17, 15) is 52.3 Å². The van der Waals surface area contributed by atoms with Crippen molar-refractivity contribution >= 4 is 15.7 Å². The van der Waals surface area contributed by atoms with Crippen molar-refractivity contribution in [3.8, 4) is 11.1 Å². The summed E-state index contributed by atoms with van der Waals surface area (Å²) < 4.78 is 165. The smallest absolute Gasteiger partial charge is 0.276 e. The number of alkyl halides is 6. The molecule has 188 valence electrons. The number of rotatable bonds is 4. The van der Waals surface area contributed by atoms with Crippen molar-refractivity contribution in [1.29, 1.82) is 0 Å². The number of benzene rings is 3. The lowest BCUT2D eigenvalue weighted by molar-refractivity contribution is -0.143. The van der Waals surface area contributed by atoms with Gasteiger partial charge in [0.1, 0.15) is 0 Å². The maximum atomic E-state index is 14.7. The van der Waals surface area contributed by atoms with Crippen LogP contribution in [0.4, 0.5) is 49.6 Å². The Bertz CT molecular complexity index is 1360. The highest BCUT2D eigenvalue weighted by atomic mass is 32.2. The fraction of sp³-hybridized carbons (Fsp3) is 0.143. The molecular formula is C21H11F10NO2S. The third kappa shape index (κ3) is 4.92. The second-order valence-electron chi connectivity index (χ2n) is 7.12. The van der Waals surface area contributed by atoms with Crippen LogP contribution in [0.2, 0.25) is 0 Å². The normalized spacial score (nSPS) is 12.7. The molecule has 0 heterocycles. The van der Waals surface area contributed by atoms with Gasteiger partial charge in [0.2, 0.25) is 0 Å². The van der Waals surface area contributed by atoms with Crippen LogP contribution in [0.25, 0.3) is 11.1 Å². The monoisotopic (exact) mass is 531 g/mol. The molecule has 0 fully saturated rings. The summed E-state index contributed by atoms with van der Waals surface area (Å²) in [5.41, 5.74) is -10.0. The van der Waals surface area contributed by atoms with Crippen LogP contribution in [0.3, 0.4) is 0 Å². The SMILES string of the molecule is Cc1c(C(F)(F)F)cc(-c2c(F)c(F)c(F)c(F)c2NS(=O)(=O)c2ccccc2)cc1C(F)(F)F. The second kappa shape index (κ2) is 8.73. The van der Waals surface area contributed by atoms with Gasteiger partial charge in [0.05, 0.1) is 21.7 Å². The molecule has 35 heavy (non-hydrogen) atoms. The molecule has 0 aromatic heterocycles. The number of hydrogen-bond acceptors (Lipinski definition) is 2. The van der Waals surface area contributed by atoms with Gasteiger partial charge >= 0.3 is 12.4 Å². The summed E-state index contributed by atoms with van der Waals surface area (Å²) in [5.74, 6) is -9.93. The minimum Gasteiger partial charge on any atom is -0.276 e. The Balaban J connectivity index is 2.42. The number of halogens is 10. The van der Waals surface area contributed by atoms with E-state index in [-0.39, 0.29) is 12.1 Å². The van der Waals surface area contributed by atoms with E-state index in [2.05, 4.69) is 0 Å². The van der Waals surface area contributed by atoms with E-state index in [1.807, 2.05) is 0 Å². The molecule has 0 aliphatic carbocycles. The van der Waals surface area contributed by atoms with Gasteiger partial charge in [-0.1, -0.05) is 18.2 Å². The highest BCUT2D eigenvalue weighted by Gasteiger charge is 2.41. The molecule has 0 saturated heterocycles. The van der Waals surface area contributed by atoms with E-state index in [1.165, 1.54) is 22.9 Å². The first-order chi connectivity index (χ1) is 16.0. The molecule has 0 radical (unpaired) electrons. The molecule has 3 aromatic rings. The largest absolute Gasteiger partial charge is 0.416 e. The highest BCUT2D eigenvalue weighted by Crippen LogP contribution is 2.45. The Morgan fingerprint density at radius 1 is 0.714 bits per heavy atom. The third-order valence-electron chi connectivity index (χ3n) is 4.86. The summed E-state index contributed by atoms with van der Waals surface area (Å²) in [4.78, 5) is -0.605. The Kier molecular flexibility index (Phi) is 6.57. The van der Waals surface area contributed by atoms with Gasteiger partial charge in [-0.2, -0.15) is 26.3 Å². The van der Waals surface area contributed by atoms with Crippen LogP contribution in [0, 0.1) is 30.2 Å². The summed E-state index contributed by atoms with van der Waals surface area (Å²) in [6, 6.07) is 5.55. The van der Waals surface area contributed by atoms with E-state index < -0.39 is 84.0 Å². The predicted molar refractivity (Wildman–Crippen MR) is 104 cm³/mol. The van der Waals surface area contributed by atoms with E-state index >= 15 is 0 Å². The fourth-order valence-corrected chi connectivity index (χ4v) is 4.33. The van der Waals surface area contributed by atoms with Gasteiger partial charge < -0.3 is 0 Å². The lowest BCUT2D eigenvalue weighted by Crippen LogP contribution is -2.18. The molecule has 1 N–H and O–H groups in total. The van der Waals surface area contributed by atoms with Crippen LogP contribution in [-0.2, 0) is 22.4 Å². The zero-order valence-corrected chi connectivity index (χ0v) is 17.9. The average molecular weight is 531 g/mol. The second-order valence-corrected chi connectivity index (χ2v) is 8.80. The predicted octanol–water partition coefficient (Wildman–Crippen LogP) is 7.06. The van der Waals surface area contributed by atoms with E-state index in [0.29, 0.717) is 6.92 Å². The van der Waals surface area contributed by atoms with E-state index in [4.69, 9.17) is 0 Å². The summed E-state index contributed by atoms with van der Waals surface area (Å²) in [5, 5.41) is 0. The highest BCUT2D eigenvalue weighted by molar-refractivity contribution is 7.92. The standard InChI is InChI=1S/C21H11F10NO2S/c1-9-12(20(26,27)28)7-10(8-13(9)21(29,30)31)14-15(22)16(23)17(24)18(25)19(14)32-35(33,34)11-5-3-2-4-6-11/h2-8,32H,1H3. The van der Waals surface area contributed by atoms with Crippen LogP contribution in [0.5, 0.6) is 0 Å². The van der Waals surface area contributed by atoms with Gasteiger partial charge in [-0.3, -0.25) is 4.72 Å². The third-order valence-corrected chi connectivity index (χ3v) is 6.23. The topological polar surface area (TPSA) is 46.2 Å².